The summed E-state index contributed by atoms with van der Waals surface area (Å²) < 4.78 is 11.9. The molecular formula is C20H28O4. The van der Waals surface area contributed by atoms with Gasteiger partial charge in [0, 0.05) is 11.1 Å². The first kappa shape index (κ1) is 17.4. The molecule has 1 fully saturated rings. The zero-order valence-electron chi connectivity index (χ0n) is 15.1. The first-order valence-electron chi connectivity index (χ1n) is 8.91. The Hall–Kier alpha value is -1.39. The number of ether oxygens (including phenoxy) is 2. The Balaban J connectivity index is 2.02. The summed E-state index contributed by atoms with van der Waals surface area (Å²) in [7, 11) is 0. The molecule has 3 heterocycles. The zero-order valence-corrected chi connectivity index (χ0v) is 15.1. The summed E-state index contributed by atoms with van der Waals surface area (Å²) >= 11 is 0. The van der Waals surface area contributed by atoms with Crippen molar-refractivity contribution in [2.24, 2.45) is 0 Å². The second-order valence-electron chi connectivity index (χ2n) is 7.87. The molecule has 1 saturated heterocycles. The van der Waals surface area contributed by atoms with Crippen LogP contribution in [0.5, 0.6) is 0 Å². The van der Waals surface area contributed by atoms with Crippen LogP contribution in [0.25, 0.3) is 0 Å². The van der Waals surface area contributed by atoms with Gasteiger partial charge < -0.3 is 14.6 Å². The van der Waals surface area contributed by atoms with Gasteiger partial charge in [0.25, 0.3) is 0 Å². The summed E-state index contributed by atoms with van der Waals surface area (Å²) in [5, 5.41) is 10.5. The summed E-state index contributed by atoms with van der Waals surface area (Å²) in [4.78, 5) is 12.0. The molecule has 3 aliphatic heterocycles. The average Bonchev–Trinajstić information content (AvgIpc) is 2.75. The highest BCUT2D eigenvalue weighted by atomic mass is 16.6. The van der Waals surface area contributed by atoms with Crippen molar-refractivity contribution in [3.05, 3.63) is 34.6 Å². The predicted molar refractivity (Wildman–Crippen MR) is 92.2 cm³/mol. The molecule has 0 saturated carbocycles. The Morgan fingerprint density at radius 3 is 2.71 bits per heavy atom. The molecule has 4 nitrogen and oxygen atoms in total. The van der Waals surface area contributed by atoms with Crippen LogP contribution in [0.15, 0.2) is 34.6 Å². The quantitative estimate of drug-likeness (QED) is 0.539. The van der Waals surface area contributed by atoms with Gasteiger partial charge >= 0.3 is 5.97 Å². The third kappa shape index (κ3) is 3.22. The van der Waals surface area contributed by atoms with Crippen molar-refractivity contribution < 1.29 is 19.4 Å². The molecule has 1 N–H and O–H groups in total. The van der Waals surface area contributed by atoms with Crippen molar-refractivity contribution in [2.75, 3.05) is 0 Å². The number of carbonyl (C=O) groups is 1. The van der Waals surface area contributed by atoms with Gasteiger partial charge in [0.05, 0.1) is 17.3 Å². The van der Waals surface area contributed by atoms with E-state index in [1.54, 1.807) is 0 Å². The summed E-state index contributed by atoms with van der Waals surface area (Å²) in [6.07, 6.45) is 8.51. The van der Waals surface area contributed by atoms with E-state index in [1.807, 2.05) is 26.8 Å². The van der Waals surface area contributed by atoms with Crippen LogP contribution in [0.2, 0.25) is 0 Å². The number of aliphatic hydroxyl groups excluding tert-OH is 1. The molecule has 0 aliphatic carbocycles. The second kappa shape index (κ2) is 6.16. The van der Waals surface area contributed by atoms with Crippen LogP contribution in [0.1, 0.15) is 66.2 Å². The van der Waals surface area contributed by atoms with Gasteiger partial charge in [0.1, 0.15) is 5.76 Å². The minimum Gasteiger partial charge on any atom is -0.423 e. The number of esters is 1. The van der Waals surface area contributed by atoms with Crippen LogP contribution in [0.4, 0.5) is 0 Å². The topological polar surface area (TPSA) is 55.8 Å². The highest BCUT2D eigenvalue weighted by Gasteiger charge is 2.45. The molecule has 24 heavy (non-hydrogen) atoms. The predicted octanol–water partition coefficient (Wildman–Crippen LogP) is 3.95. The van der Waals surface area contributed by atoms with Gasteiger partial charge in [0.2, 0.25) is 0 Å². The number of carbonyl (C=O) groups excluding carboxylic acids is 1. The molecule has 3 aliphatic rings. The second-order valence-corrected chi connectivity index (χ2v) is 7.87. The summed E-state index contributed by atoms with van der Waals surface area (Å²) in [6.45, 7) is 7.97. The largest absolute Gasteiger partial charge is 0.423 e. The van der Waals surface area contributed by atoms with E-state index >= 15 is 0 Å². The average molecular weight is 332 g/mol. The highest BCUT2D eigenvalue weighted by molar-refractivity contribution is 5.93. The van der Waals surface area contributed by atoms with Gasteiger partial charge in [-0.15, -0.1) is 0 Å². The Labute approximate surface area is 144 Å². The monoisotopic (exact) mass is 332 g/mol. The summed E-state index contributed by atoms with van der Waals surface area (Å²) in [5.74, 6) is 0.391. The van der Waals surface area contributed by atoms with Crippen molar-refractivity contribution in [1.29, 1.82) is 0 Å². The van der Waals surface area contributed by atoms with Crippen molar-refractivity contribution >= 4 is 5.97 Å². The molecule has 0 aromatic heterocycles. The fourth-order valence-corrected chi connectivity index (χ4v) is 3.98. The Morgan fingerprint density at radius 2 is 1.96 bits per heavy atom. The molecule has 3 rings (SSSR count). The third-order valence-electron chi connectivity index (χ3n) is 5.68. The van der Waals surface area contributed by atoms with Crippen LogP contribution in [-0.2, 0) is 14.3 Å². The van der Waals surface area contributed by atoms with Crippen molar-refractivity contribution in [3.8, 4) is 0 Å². The molecule has 0 aromatic carbocycles. The number of allylic oxidation sites excluding steroid dienone is 3. The van der Waals surface area contributed by atoms with Crippen molar-refractivity contribution in [3.63, 3.8) is 0 Å². The van der Waals surface area contributed by atoms with Gasteiger partial charge in [-0.2, -0.15) is 0 Å². The molecule has 3 atom stereocenters. The lowest BCUT2D eigenvalue weighted by Crippen LogP contribution is -2.53. The first-order chi connectivity index (χ1) is 11.2. The molecule has 0 aromatic rings. The molecule has 2 bridgehead atoms. The fourth-order valence-electron chi connectivity index (χ4n) is 3.98. The molecule has 0 spiro atoms. The Bertz CT molecular complexity index is 642. The number of aliphatic hydroxyl groups is 1. The van der Waals surface area contributed by atoms with Crippen LogP contribution < -0.4 is 0 Å². The molecule has 132 valence electrons. The number of hydrogen-bond donors (Lipinski definition) is 1. The number of fused-ring (bicyclic) bond motifs is 3. The lowest BCUT2D eigenvalue weighted by atomic mass is 9.81. The van der Waals surface area contributed by atoms with E-state index in [0.29, 0.717) is 24.2 Å². The van der Waals surface area contributed by atoms with E-state index in [2.05, 4.69) is 13.0 Å². The molecule has 0 radical (unpaired) electrons. The van der Waals surface area contributed by atoms with Crippen LogP contribution in [0.3, 0.4) is 0 Å². The first-order valence-corrected chi connectivity index (χ1v) is 8.91. The smallest absolute Gasteiger partial charge is 0.339 e. The van der Waals surface area contributed by atoms with Gasteiger partial charge in [-0.05, 0) is 72.3 Å². The molecule has 3 unspecified atom stereocenters. The van der Waals surface area contributed by atoms with Gasteiger partial charge in [0.15, 0.2) is 0 Å². The number of hydrogen-bond acceptors (Lipinski definition) is 4. The van der Waals surface area contributed by atoms with Gasteiger partial charge in [-0.1, -0.05) is 11.6 Å². The van der Waals surface area contributed by atoms with E-state index < -0.39 is 17.3 Å². The van der Waals surface area contributed by atoms with Gasteiger partial charge in [-0.3, -0.25) is 0 Å². The minimum atomic E-state index is -0.582. The van der Waals surface area contributed by atoms with E-state index in [9.17, 15) is 9.90 Å². The maximum atomic E-state index is 12.0. The lowest BCUT2D eigenvalue weighted by Gasteiger charge is -2.47. The molecule has 4 heteroatoms. The molecule has 0 amide bonds. The van der Waals surface area contributed by atoms with Crippen molar-refractivity contribution in [2.45, 2.75) is 83.5 Å². The fraction of sp³-hybridized carbons (Fsp3) is 0.650. The van der Waals surface area contributed by atoms with Crippen LogP contribution in [0, 0.1) is 0 Å². The molecular weight excluding hydrogens is 304 g/mol. The van der Waals surface area contributed by atoms with Crippen molar-refractivity contribution in [1.82, 2.24) is 0 Å². The summed E-state index contributed by atoms with van der Waals surface area (Å²) in [5.41, 5.74) is 1.88. The lowest BCUT2D eigenvalue weighted by molar-refractivity contribution is -0.207. The maximum Gasteiger partial charge on any atom is 0.339 e. The van der Waals surface area contributed by atoms with Gasteiger partial charge in [-0.25, -0.2) is 4.79 Å². The Morgan fingerprint density at radius 1 is 1.21 bits per heavy atom. The van der Waals surface area contributed by atoms with E-state index in [4.69, 9.17) is 9.47 Å². The zero-order chi connectivity index (χ0) is 17.5. The SMILES string of the molecule is CC1=CCCC2(C)OC(C)(C=C3OC(=O)C(C)=C3CC1)CCC2O. The standard InChI is InChI=1S/C20H28O4/c1-13-6-5-10-20(4)17(21)9-11-19(3,24-20)12-16-15(8-7-13)14(2)18(22)23-16/h6,12,17,21H,5,7-11H2,1-4H3. The van der Waals surface area contributed by atoms with E-state index in [0.717, 1.165) is 31.3 Å². The normalized spacial score (nSPS) is 37.7. The summed E-state index contributed by atoms with van der Waals surface area (Å²) in [6, 6.07) is 0. The van der Waals surface area contributed by atoms with E-state index in [-0.39, 0.29) is 5.97 Å². The van der Waals surface area contributed by atoms with E-state index in [1.165, 1.54) is 5.57 Å². The third-order valence-corrected chi connectivity index (χ3v) is 5.68. The Kier molecular flexibility index (Phi) is 4.47. The number of rotatable bonds is 0. The highest BCUT2D eigenvalue weighted by Crippen LogP contribution is 2.42. The van der Waals surface area contributed by atoms with Crippen LogP contribution >= 0.6 is 0 Å². The minimum absolute atomic E-state index is 0.255. The maximum absolute atomic E-state index is 12.0. The van der Waals surface area contributed by atoms with Crippen LogP contribution in [-0.4, -0.2) is 28.4 Å².